The number of likely N-dealkylation sites (tertiary alicyclic amines) is 1. The van der Waals surface area contributed by atoms with Gasteiger partial charge in [-0.15, -0.1) is 0 Å². The van der Waals surface area contributed by atoms with Gasteiger partial charge in [-0.1, -0.05) is 43.3 Å². The second-order valence-electron chi connectivity index (χ2n) is 7.62. The number of benzene rings is 2. The standard InChI is InChI=1S/C22H29N3O3S/c1-18-10-13-25(14-11-18)15-12-23-22(26)20-8-5-9-21(16-20)29(27,28)24-17-19-6-3-2-4-7-19/h2-9,16,18,24H,10-15,17H2,1H3,(H,23,26). The lowest BCUT2D eigenvalue weighted by molar-refractivity contribution is 0.0944. The van der Waals surface area contributed by atoms with Gasteiger partial charge in [0.15, 0.2) is 0 Å². The number of nitrogens with one attached hydrogen (secondary N) is 2. The number of carbonyl (C=O) groups excluding carboxylic acids is 1. The van der Waals surface area contributed by atoms with Gasteiger partial charge in [0.1, 0.15) is 0 Å². The van der Waals surface area contributed by atoms with Gasteiger partial charge in [0, 0.05) is 25.2 Å². The predicted molar refractivity (Wildman–Crippen MR) is 114 cm³/mol. The zero-order chi connectivity index (χ0) is 20.7. The lowest BCUT2D eigenvalue weighted by atomic mass is 9.99. The second-order valence-corrected chi connectivity index (χ2v) is 9.38. The van der Waals surface area contributed by atoms with Crippen molar-refractivity contribution in [3.05, 3.63) is 65.7 Å². The highest BCUT2D eigenvalue weighted by molar-refractivity contribution is 7.89. The van der Waals surface area contributed by atoms with Crippen molar-refractivity contribution in [2.24, 2.45) is 5.92 Å². The Morgan fingerprint density at radius 2 is 1.79 bits per heavy atom. The molecular weight excluding hydrogens is 386 g/mol. The fraction of sp³-hybridized carbons (Fsp3) is 0.409. The molecule has 7 heteroatoms. The highest BCUT2D eigenvalue weighted by atomic mass is 32.2. The highest BCUT2D eigenvalue weighted by Crippen LogP contribution is 2.15. The molecule has 0 bridgehead atoms. The van der Waals surface area contributed by atoms with Crippen molar-refractivity contribution in [1.82, 2.24) is 14.9 Å². The Morgan fingerprint density at radius 1 is 1.07 bits per heavy atom. The quantitative estimate of drug-likeness (QED) is 0.695. The summed E-state index contributed by atoms with van der Waals surface area (Å²) in [4.78, 5) is 14.9. The maximum atomic E-state index is 12.6. The van der Waals surface area contributed by atoms with E-state index in [2.05, 4.69) is 21.9 Å². The van der Waals surface area contributed by atoms with Crippen molar-refractivity contribution in [1.29, 1.82) is 0 Å². The molecule has 2 aromatic carbocycles. The minimum atomic E-state index is -3.70. The van der Waals surface area contributed by atoms with Gasteiger partial charge < -0.3 is 10.2 Å². The molecule has 1 heterocycles. The molecule has 0 radical (unpaired) electrons. The van der Waals surface area contributed by atoms with Gasteiger partial charge in [-0.2, -0.15) is 0 Å². The number of piperidine rings is 1. The summed E-state index contributed by atoms with van der Waals surface area (Å²) >= 11 is 0. The van der Waals surface area contributed by atoms with Crippen LogP contribution in [0.25, 0.3) is 0 Å². The molecule has 3 rings (SSSR count). The summed E-state index contributed by atoms with van der Waals surface area (Å²) in [6, 6.07) is 15.5. The van der Waals surface area contributed by atoms with Crippen LogP contribution in [0.15, 0.2) is 59.5 Å². The molecule has 0 aliphatic carbocycles. The van der Waals surface area contributed by atoms with Crippen molar-refractivity contribution >= 4 is 15.9 Å². The van der Waals surface area contributed by atoms with Crippen LogP contribution in [0.5, 0.6) is 0 Å². The third-order valence-corrected chi connectivity index (χ3v) is 6.70. The molecule has 6 nitrogen and oxygen atoms in total. The maximum absolute atomic E-state index is 12.6. The van der Waals surface area contributed by atoms with Crippen LogP contribution in [0.2, 0.25) is 0 Å². The highest BCUT2D eigenvalue weighted by Gasteiger charge is 2.17. The first-order valence-electron chi connectivity index (χ1n) is 10.1. The molecule has 0 spiro atoms. The smallest absolute Gasteiger partial charge is 0.251 e. The Kier molecular flexibility index (Phi) is 7.41. The molecule has 1 fully saturated rings. The van der Waals surface area contributed by atoms with E-state index >= 15 is 0 Å². The third-order valence-electron chi connectivity index (χ3n) is 5.31. The van der Waals surface area contributed by atoms with Crippen LogP contribution < -0.4 is 10.0 Å². The molecule has 0 saturated carbocycles. The van der Waals surface area contributed by atoms with Gasteiger partial charge in [-0.3, -0.25) is 4.79 Å². The van der Waals surface area contributed by atoms with Crippen LogP contribution in [0.3, 0.4) is 0 Å². The Bertz CT molecular complexity index is 908. The van der Waals surface area contributed by atoms with E-state index in [1.807, 2.05) is 30.3 Å². The summed E-state index contributed by atoms with van der Waals surface area (Å²) < 4.78 is 27.7. The summed E-state index contributed by atoms with van der Waals surface area (Å²) in [6.45, 7) is 5.98. The van der Waals surface area contributed by atoms with Gasteiger partial charge in [-0.05, 0) is 55.6 Å². The Balaban J connectivity index is 1.54. The summed E-state index contributed by atoms with van der Waals surface area (Å²) in [6.07, 6.45) is 2.40. The molecule has 0 atom stereocenters. The van der Waals surface area contributed by atoms with Crippen LogP contribution >= 0.6 is 0 Å². The molecule has 0 aromatic heterocycles. The van der Waals surface area contributed by atoms with Crippen LogP contribution in [0, 0.1) is 5.92 Å². The first-order chi connectivity index (χ1) is 13.9. The Hall–Kier alpha value is -2.22. The average Bonchev–Trinajstić information content (AvgIpc) is 2.74. The normalized spacial score (nSPS) is 15.9. The van der Waals surface area contributed by atoms with Crippen LogP contribution in [0.4, 0.5) is 0 Å². The molecule has 1 aliphatic heterocycles. The number of sulfonamides is 1. The fourth-order valence-electron chi connectivity index (χ4n) is 3.38. The average molecular weight is 416 g/mol. The molecule has 2 N–H and O–H groups in total. The van der Waals surface area contributed by atoms with Crippen molar-refractivity contribution in [2.45, 2.75) is 31.2 Å². The van der Waals surface area contributed by atoms with E-state index < -0.39 is 10.0 Å². The van der Waals surface area contributed by atoms with E-state index in [1.165, 1.54) is 25.0 Å². The number of carbonyl (C=O) groups is 1. The first-order valence-corrected chi connectivity index (χ1v) is 11.6. The Labute approximate surface area is 173 Å². The third kappa shape index (κ3) is 6.39. The molecule has 156 valence electrons. The SMILES string of the molecule is CC1CCN(CCNC(=O)c2cccc(S(=O)(=O)NCc3ccccc3)c2)CC1. The summed E-state index contributed by atoms with van der Waals surface area (Å²) in [5.41, 5.74) is 1.22. The van der Waals surface area contributed by atoms with Crippen molar-refractivity contribution < 1.29 is 13.2 Å². The van der Waals surface area contributed by atoms with Crippen LogP contribution in [-0.2, 0) is 16.6 Å². The molecule has 2 aromatic rings. The van der Waals surface area contributed by atoms with E-state index in [1.54, 1.807) is 12.1 Å². The van der Waals surface area contributed by atoms with Crippen molar-refractivity contribution in [3.8, 4) is 0 Å². The topological polar surface area (TPSA) is 78.5 Å². The van der Waals surface area contributed by atoms with Gasteiger partial charge in [0.25, 0.3) is 5.91 Å². The minimum Gasteiger partial charge on any atom is -0.351 e. The Morgan fingerprint density at radius 3 is 2.52 bits per heavy atom. The van der Waals surface area contributed by atoms with Crippen LogP contribution in [-0.4, -0.2) is 45.4 Å². The van der Waals surface area contributed by atoms with Gasteiger partial charge in [0.2, 0.25) is 10.0 Å². The van der Waals surface area contributed by atoms with Crippen molar-refractivity contribution in [3.63, 3.8) is 0 Å². The number of nitrogens with zero attached hydrogens (tertiary/aromatic N) is 1. The van der Waals surface area contributed by atoms with E-state index in [-0.39, 0.29) is 17.3 Å². The van der Waals surface area contributed by atoms with Crippen molar-refractivity contribution in [2.75, 3.05) is 26.2 Å². The molecule has 0 unspecified atom stereocenters. The van der Waals surface area contributed by atoms with E-state index in [9.17, 15) is 13.2 Å². The summed E-state index contributed by atoms with van der Waals surface area (Å²) in [7, 11) is -3.70. The van der Waals surface area contributed by atoms with Gasteiger partial charge in [0.05, 0.1) is 4.90 Å². The molecule has 1 saturated heterocycles. The molecule has 1 amide bonds. The number of hydrogen-bond donors (Lipinski definition) is 2. The lowest BCUT2D eigenvalue weighted by Crippen LogP contribution is -2.39. The minimum absolute atomic E-state index is 0.0890. The summed E-state index contributed by atoms with van der Waals surface area (Å²) in [5, 5.41) is 2.90. The fourth-order valence-corrected chi connectivity index (χ4v) is 4.44. The van der Waals surface area contributed by atoms with E-state index in [0.29, 0.717) is 12.1 Å². The van der Waals surface area contributed by atoms with E-state index in [0.717, 1.165) is 31.1 Å². The number of hydrogen-bond acceptors (Lipinski definition) is 4. The number of amides is 1. The van der Waals surface area contributed by atoms with Crippen LogP contribution in [0.1, 0.15) is 35.7 Å². The second kappa shape index (κ2) is 10.0. The van der Waals surface area contributed by atoms with Gasteiger partial charge >= 0.3 is 0 Å². The monoisotopic (exact) mass is 415 g/mol. The predicted octanol–water partition coefficient (Wildman–Crippen LogP) is 2.63. The molecule has 29 heavy (non-hydrogen) atoms. The first kappa shape index (κ1) is 21.5. The van der Waals surface area contributed by atoms with E-state index in [4.69, 9.17) is 0 Å². The zero-order valence-electron chi connectivity index (χ0n) is 16.8. The van der Waals surface area contributed by atoms with Gasteiger partial charge in [-0.25, -0.2) is 13.1 Å². The zero-order valence-corrected chi connectivity index (χ0v) is 17.6. The lowest BCUT2D eigenvalue weighted by Gasteiger charge is -2.30. The number of rotatable bonds is 8. The largest absolute Gasteiger partial charge is 0.351 e. The molecule has 1 aliphatic rings. The summed E-state index contributed by atoms with van der Waals surface area (Å²) in [5.74, 6) is 0.525. The molecular formula is C22H29N3O3S. The maximum Gasteiger partial charge on any atom is 0.251 e.